The number of hydrogen-bond donors (Lipinski definition) is 1. The van der Waals surface area contributed by atoms with E-state index in [4.69, 9.17) is 26.1 Å². The van der Waals surface area contributed by atoms with Crippen molar-refractivity contribution in [1.29, 1.82) is 0 Å². The molecule has 39 heavy (non-hydrogen) atoms. The molecule has 2 saturated heterocycles. The smallest absolute Gasteiger partial charge is 0.346 e. The Morgan fingerprint density at radius 3 is 2.77 bits per heavy atom. The molecule has 1 aromatic carbocycles. The molecule has 0 saturated carbocycles. The summed E-state index contributed by atoms with van der Waals surface area (Å²) in [5.74, 6) is 0.752. The first-order chi connectivity index (χ1) is 18.9. The van der Waals surface area contributed by atoms with Crippen molar-refractivity contribution in [2.24, 2.45) is 0 Å². The lowest BCUT2D eigenvalue weighted by atomic mass is 10.0. The molecular weight excluding hydrogens is 543 g/mol. The Bertz CT molecular complexity index is 1550. The lowest BCUT2D eigenvalue weighted by molar-refractivity contribution is -0.0586. The van der Waals surface area contributed by atoms with Gasteiger partial charge in [-0.25, -0.2) is 14.2 Å². The highest BCUT2D eigenvalue weighted by Gasteiger charge is 2.24. The van der Waals surface area contributed by atoms with E-state index in [1.54, 1.807) is 24.3 Å². The van der Waals surface area contributed by atoms with Crippen LogP contribution in [0.15, 0.2) is 48.0 Å². The summed E-state index contributed by atoms with van der Waals surface area (Å²) >= 11 is 7.09. The Balaban J connectivity index is 1.13. The maximum absolute atomic E-state index is 14.1. The van der Waals surface area contributed by atoms with Gasteiger partial charge in [-0.05, 0) is 49.6 Å². The number of carbonyl (C=O) groups is 1. The molecule has 2 fully saturated rings. The van der Waals surface area contributed by atoms with Gasteiger partial charge in [-0.3, -0.25) is 0 Å². The maximum Gasteiger partial charge on any atom is 0.346 e. The van der Waals surface area contributed by atoms with E-state index in [1.165, 1.54) is 23.0 Å². The van der Waals surface area contributed by atoms with Crippen LogP contribution in [0.4, 0.5) is 10.2 Å². The normalized spacial score (nSPS) is 17.3. The second kappa shape index (κ2) is 11.0. The third-order valence-corrected chi connectivity index (χ3v) is 8.37. The first-order valence-corrected chi connectivity index (χ1v) is 14.0. The number of halogens is 2. The van der Waals surface area contributed by atoms with Gasteiger partial charge in [-0.2, -0.15) is 4.98 Å². The topological polar surface area (TPSA) is 89.7 Å². The average molecular weight is 569 g/mol. The summed E-state index contributed by atoms with van der Waals surface area (Å²) in [7, 11) is 0. The molecule has 4 aromatic rings. The fourth-order valence-electron chi connectivity index (χ4n) is 4.76. The number of carboxylic acid groups (broad SMARTS) is 1. The molecule has 5 heterocycles. The van der Waals surface area contributed by atoms with Crippen molar-refractivity contribution < 1.29 is 23.8 Å². The van der Waals surface area contributed by atoms with E-state index in [0.29, 0.717) is 33.4 Å². The number of aromatic nitrogens is 3. The third-order valence-electron chi connectivity index (χ3n) is 7.00. The predicted molar refractivity (Wildman–Crippen MR) is 148 cm³/mol. The molecule has 0 radical (unpaired) electrons. The van der Waals surface area contributed by atoms with E-state index in [0.717, 1.165) is 55.4 Å². The molecule has 0 bridgehead atoms. The standard InChI is InChI=1S/C28H26ClFN4O4S/c29-19-5-4-18(21(30)13-19)16-38-26-3-1-2-24(32-26)33-9-6-17(7-10-33)12-25-31-22-14-23(28(35)36)39-27(22)34(25)15-20-8-11-37-20/h1-5,12-14,20H,6-11,15-16H2,(H,35,36)/t20-/m0/s1. The van der Waals surface area contributed by atoms with Gasteiger partial charge in [-0.1, -0.05) is 29.3 Å². The Hall–Kier alpha value is -3.47. The number of pyridine rings is 1. The Labute approximate surface area is 233 Å². The van der Waals surface area contributed by atoms with E-state index >= 15 is 0 Å². The molecule has 11 heteroatoms. The van der Waals surface area contributed by atoms with E-state index in [9.17, 15) is 14.3 Å². The monoisotopic (exact) mass is 568 g/mol. The Kier molecular flexibility index (Phi) is 7.24. The molecule has 3 aromatic heterocycles. The first-order valence-electron chi connectivity index (χ1n) is 12.8. The summed E-state index contributed by atoms with van der Waals surface area (Å²) in [6.07, 6.45) is 4.96. The molecule has 8 nitrogen and oxygen atoms in total. The first kappa shape index (κ1) is 25.8. The van der Waals surface area contributed by atoms with Crippen LogP contribution in [-0.2, 0) is 17.9 Å². The number of aromatic carboxylic acids is 1. The molecule has 0 amide bonds. The molecule has 2 aliphatic rings. The fraction of sp³-hybridized carbons (Fsp3) is 0.321. The van der Waals surface area contributed by atoms with Gasteiger partial charge in [0.15, 0.2) is 0 Å². The molecule has 6 rings (SSSR count). The van der Waals surface area contributed by atoms with Gasteiger partial charge in [0.25, 0.3) is 0 Å². The van der Waals surface area contributed by atoms with Gasteiger partial charge in [0.1, 0.15) is 39.3 Å². The Morgan fingerprint density at radius 2 is 2.05 bits per heavy atom. The predicted octanol–water partition coefficient (Wildman–Crippen LogP) is 6.04. The third kappa shape index (κ3) is 5.63. The van der Waals surface area contributed by atoms with Crippen LogP contribution in [0.5, 0.6) is 5.88 Å². The molecule has 1 N–H and O–H groups in total. The fourth-order valence-corrected chi connectivity index (χ4v) is 5.87. The van der Waals surface area contributed by atoms with Crippen LogP contribution in [0, 0.1) is 5.82 Å². The molecule has 0 aliphatic carbocycles. The average Bonchev–Trinajstić information content (AvgIpc) is 3.45. The van der Waals surface area contributed by atoms with Gasteiger partial charge in [0.05, 0.1) is 12.6 Å². The number of fused-ring (bicyclic) bond motifs is 1. The van der Waals surface area contributed by atoms with Crippen LogP contribution in [0.1, 0.15) is 40.3 Å². The number of imidazole rings is 1. The van der Waals surface area contributed by atoms with Crippen molar-refractivity contribution in [2.75, 3.05) is 24.6 Å². The summed E-state index contributed by atoms with van der Waals surface area (Å²) < 4.78 is 27.6. The highest BCUT2D eigenvalue weighted by molar-refractivity contribution is 7.20. The van der Waals surface area contributed by atoms with Crippen LogP contribution in [0.3, 0.4) is 0 Å². The highest BCUT2D eigenvalue weighted by atomic mass is 35.5. The van der Waals surface area contributed by atoms with Gasteiger partial charge >= 0.3 is 5.97 Å². The van der Waals surface area contributed by atoms with Crippen molar-refractivity contribution in [3.63, 3.8) is 0 Å². The summed E-state index contributed by atoms with van der Waals surface area (Å²) in [4.78, 5) is 24.2. The molecule has 0 spiro atoms. The van der Waals surface area contributed by atoms with Gasteiger partial charge in [0, 0.05) is 36.3 Å². The number of benzene rings is 1. The number of ether oxygens (including phenoxy) is 2. The number of nitrogens with zero attached hydrogens (tertiary/aromatic N) is 4. The van der Waals surface area contributed by atoms with Gasteiger partial charge in [0.2, 0.25) is 5.88 Å². The van der Waals surface area contributed by atoms with Crippen molar-refractivity contribution in [3.8, 4) is 5.88 Å². The SMILES string of the molecule is O=C(O)c1cc2nc(C=C3CCN(c4cccc(OCc5ccc(Cl)cc5F)n4)CC3)n(C[C@@H]3CCO3)c2s1. The lowest BCUT2D eigenvalue weighted by Gasteiger charge is -2.30. The zero-order valence-corrected chi connectivity index (χ0v) is 22.6. The molecule has 0 unspecified atom stereocenters. The van der Waals surface area contributed by atoms with Crippen LogP contribution < -0.4 is 9.64 Å². The van der Waals surface area contributed by atoms with Crippen molar-refractivity contribution in [1.82, 2.24) is 14.5 Å². The second-order valence-electron chi connectivity index (χ2n) is 9.62. The van der Waals surface area contributed by atoms with Crippen molar-refractivity contribution in [3.05, 3.63) is 75.1 Å². The minimum atomic E-state index is -0.933. The van der Waals surface area contributed by atoms with Crippen molar-refractivity contribution in [2.45, 2.75) is 38.5 Å². The van der Waals surface area contributed by atoms with Crippen LogP contribution >= 0.6 is 22.9 Å². The molecule has 202 valence electrons. The minimum Gasteiger partial charge on any atom is -0.477 e. The number of anilines is 1. The summed E-state index contributed by atoms with van der Waals surface area (Å²) in [6.45, 7) is 3.07. The molecule has 2 aliphatic heterocycles. The van der Waals surface area contributed by atoms with E-state index in [-0.39, 0.29) is 12.7 Å². The number of piperidine rings is 1. The maximum atomic E-state index is 14.1. The minimum absolute atomic E-state index is 0.0658. The largest absolute Gasteiger partial charge is 0.477 e. The zero-order valence-electron chi connectivity index (χ0n) is 21.0. The van der Waals surface area contributed by atoms with Crippen LogP contribution in [-0.4, -0.2) is 51.4 Å². The van der Waals surface area contributed by atoms with Crippen LogP contribution in [0.25, 0.3) is 16.4 Å². The second-order valence-corrected chi connectivity index (χ2v) is 11.1. The quantitative estimate of drug-likeness (QED) is 0.277. The van der Waals surface area contributed by atoms with Crippen molar-refractivity contribution >= 4 is 51.1 Å². The van der Waals surface area contributed by atoms with E-state index < -0.39 is 11.8 Å². The highest BCUT2D eigenvalue weighted by Crippen LogP contribution is 2.31. The number of thiophene rings is 1. The van der Waals surface area contributed by atoms with Gasteiger partial charge < -0.3 is 24.0 Å². The van der Waals surface area contributed by atoms with E-state index in [1.807, 2.05) is 12.1 Å². The number of rotatable bonds is 8. The summed E-state index contributed by atoms with van der Waals surface area (Å²) in [5.41, 5.74) is 2.41. The number of carboxylic acids is 1. The number of hydrogen-bond acceptors (Lipinski definition) is 7. The summed E-state index contributed by atoms with van der Waals surface area (Å²) in [6, 6.07) is 11.8. The molecule has 1 atom stereocenters. The van der Waals surface area contributed by atoms with Gasteiger partial charge in [-0.15, -0.1) is 11.3 Å². The molecular formula is C28H26ClFN4O4S. The zero-order chi connectivity index (χ0) is 26.9. The van der Waals surface area contributed by atoms with E-state index in [2.05, 4.69) is 20.5 Å². The van der Waals surface area contributed by atoms with Crippen LogP contribution in [0.2, 0.25) is 5.02 Å². The summed E-state index contributed by atoms with van der Waals surface area (Å²) in [5, 5.41) is 9.75. The lowest BCUT2D eigenvalue weighted by Crippen LogP contribution is -2.32. The Morgan fingerprint density at radius 1 is 1.23 bits per heavy atom.